The third kappa shape index (κ3) is 4.77. The molecule has 3 heterocycles. The van der Waals surface area contributed by atoms with Crippen LogP contribution >= 0.6 is 0 Å². The van der Waals surface area contributed by atoms with E-state index < -0.39 is 17.9 Å². The summed E-state index contributed by atoms with van der Waals surface area (Å²) in [4.78, 5) is 52.0. The molecule has 3 aliphatic heterocycles. The van der Waals surface area contributed by atoms with Crippen LogP contribution in [0.4, 0.5) is 0 Å². The number of carbonyl (C=O) groups excluding carboxylic acids is 4. The lowest BCUT2D eigenvalue weighted by molar-refractivity contribution is -0.143. The van der Waals surface area contributed by atoms with Gasteiger partial charge in [-0.15, -0.1) is 0 Å². The quantitative estimate of drug-likeness (QED) is 0.394. The van der Waals surface area contributed by atoms with Crippen LogP contribution < -0.4 is 21.0 Å². The molecule has 37 heavy (non-hydrogen) atoms. The zero-order chi connectivity index (χ0) is 26.3. The van der Waals surface area contributed by atoms with E-state index in [1.54, 1.807) is 30.3 Å². The van der Waals surface area contributed by atoms with Crippen molar-refractivity contribution in [3.63, 3.8) is 0 Å². The largest absolute Gasteiger partial charge is 0.489 e. The number of hydrogen-bond acceptors (Lipinski definition) is 6. The highest BCUT2D eigenvalue weighted by Crippen LogP contribution is 2.34. The number of nitrogens with zero attached hydrogens (tertiary/aromatic N) is 2. The molecule has 1 N–H and O–H groups in total. The van der Waals surface area contributed by atoms with Crippen molar-refractivity contribution < 1.29 is 28.7 Å². The van der Waals surface area contributed by atoms with Gasteiger partial charge in [-0.05, 0) is 29.7 Å². The van der Waals surface area contributed by atoms with Crippen LogP contribution in [0.25, 0.3) is 0 Å². The van der Waals surface area contributed by atoms with Crippen LogP contribution in [0.3, 0.4) is 0 Å². The van der Waals surface area contributed by atoms with E-state index in [0.717, 1.165) is 0 Å². The number of nitrogens with one attached hydrogen (secondary N) is 1. The summed E-state index contributed by atoms with van der Waals surface area (Å²) in [6, 6.07) is 7.75. The Balaban J connectivity index is 1.32. The number of rotatable bonds is 6. The van der Waals surface area contributed by atoms with Gasteiger partial charge in [-0.3, -0.25) is 24.5 Å². The van der Waals surface area contributed by atoms with E-state index >= 15 is 0 Å². The zero-order valence-corrected chi connectivity index (χ0v) is 20.1. The van der Waals surface area contributed by atoms with Gasteiger partial charge < -0.3 is 19.3 Å². The van der Waals surface area contributed by atoms with Crippen LogP contribution in [0.2, 0.25) is 0 Å². The minimum atomic E-state index is -0.716. The molecular weight excluding hydrogens is 471 g/mol. The van der Waals surface area contributed by atoms with E-state index in [0.29, 0.717) is 52.1 Å². The van der Waals surface area contributed by atoms with Gasteiger partial charge in [0.05, 0.1) is 13.2 Å². The highest BCUT2D eigenvalue weighted by Gasteiger charge is 2.40. The Bertz CT molecular complexity index is 1280. The molecular formula is C25H22B3N3O6. The van der Waals surface area contributed by atoms with Gasteiger partial charge in [0.15, 0.2) is 0 Å². The Labute approximate surface area is 218 Å². The second kappa shape index (κ2) is 10.1. The van der Waals surface area contributed by atoms with Crippen molar-refractivity contribution in [2.24, 2.45) is 0 Å². The van der Waals surface area contributed by atoms with Crippen molar-refractivity contribution in [3.05, 3.63) is 52.6 Å². The minimum absolute atomic E-state index is 0.0184. The predicted octanol–water partition coefficient (Wildman–Crippen LogP) is -1.36. The Kier molecular flexibility index (Phi) is 6.85. The topological polar surface area (TPSA) is 105 Å². The molecule has 2 aromatic carbocycles. The summed E-state index contributed by atoms with van der Waals surface area (Å²) in [7, 11) is 18.9. The Morgan fingerprint density at radius 1 is 1.14 bits per heavy atom. The molecule has 6 radical (unpaired) electrons. The molecule has 12 heteroatoms. The second-order valence-electron chi connectivity index (χ2n) is 9.23. The number of amides is 4. The molecule has 0 saturated carbocycles. The van der Waals surface area contributed by atoms with Crippen molar-refractivity contribution >= 4 is 58.1 Å². The van der Waals surface area contributed by atoms with Gasteiger partial charge in [-0.2, -0.15) is 0 Å². The molecule has 3 aliphatic rings. The summed E-state index contributed by atoms with van der Waals surface area (Å²) in [5, 5.41) is 2.30. The van der Waals surface area contributed by atoms with Crippen LogP contribution in [0, 0.1) is 0 Å². The lowest BCUT2D eigenvalue weighted by Gasteiger charge is -2.34. The first-order chi connectivity index (χ1) is 17.7. The molecule has 2 atom stereocenters. The number of fused-ring (bicyclic) bond motifs is 1. The summed E-state index contributed by atoms with van der Waals surface area (Å²) in [5.74, 6) is -1.55. The molecule has 2 unspecified atom stereocenters. The lowest BCUT2D eigenvalue weighted by atomic mass is 9.75. The van der Waals surface area contributed by atoms with E-state index in [4.69, 9.17) is 33.0 Å². The van der Waals surface area contributed by atoms with Gasteiger partial charge in [-0.1, -0.05) is 29.1 Å². The Morgan fingerprint density at radius 3 is 2.59 bits per heavy atom. The van der Waals surface area contributed by atoms with Crippen molar-refractivity contribution in [1.82, 2.24) is 15.1 Å². The number of carbonyl (C=O) groups is 4. The summed E-state index contributed by atoms with van der Waals surface area (Å²) in [5.41, 5.74) is 2.96. The number of benzene rings is 2. The van der Waals surface area contributed by atoms with Crippen molar-refractivity contribution in [1.29, 1.82) is 0 Å². The standard InChI is InChI=1S/C25H22B3N3O6/c26-17-8-13(23(28)30-6-7-36-12-22(30)33)9-18(27)16(17)11-37-20-3-1-2-14-15(20)10-31(25(14)35)19-4-5-21(32)29-24(19)34/h1-3,8-9,19,23H,4-7,10-12H2,(H,29,32,34). The summed E-state index contributed by atoms with van der Waals surface area (Å²) >= 11 is 0. The molecule has 2 saturated heterocycles. The fraction of sp³-hybridized carbons (Fsp3) is 0.360. The number of piperidine rings is 1. The third-order valence-corrected chi connectivity index (χ3v) is 6.95. The highest BCUT2D eigenvalue weighted by atomic mass is 16.5. The molecule has 9 nitrogen and oxygen atoms in total. The number of ether oxygens (including phenoxy) is 2. The van der Waals surface area contributed by atoms with E-state index in [-0.39, 0.29) is 50.3 Å². The fourth-order valence-electron chi connectivity index (χ4n) is 4.93. The van der Waals surface area contributed by atoms with Crippen molar-refractivity contribution in [2.45, 2.75) is 38.0 Å². The molecule has 2 aromatic rings. The van der Waals surface area contributed by atoms with Crippen molar-refractivity contribution in [3.8, 4) is 5.75 Å². The van der Waals surface area contributed by atoms with Gasteiger partial charge in [0.1, 0.15) is 48.5 Å². The van der Waals surface area contributed by atoms with Gasteiger partial charge >= 0.3 is 0 Å². The summed E-state index contributed by atoms with van der Waals surface area (Å²) in [6.45, 7) is 0.977. The van der Waals surface area contributed by atoms with Crippen LogP contribution in [0.15, 0.2) is 30.3 Å². The van der Waals surface area contributed by atoms with E-state index in [2.05, 4.69) is 5.32 Å². The summed E-state index contributed by atoms with van der Waals surface area (Å²) < 4.78 is 11.2. The van der Waals surface area contributed by atoms with E-state index in [1.807, 2.05) is 0 Å². The number of hydrogen-bond donors (Lipinski definition) is 1. The van der Waals surface area contributed by atoms with E-state index in [1.165, 1.54) is 9.80 Å². The average molecular weight is 493 g/mol. The first kappa shape index (κ1) is 25.1. The molecule has 182 valence electrons. The maximum Gasteiger partial charge on any atom is 0.255 e. The molecule has 4 amide bonds. The molecule has 0 aromatic heterocycles. The molecule has 5 rings (SSSR count). The van der Waals surface area contributed by atoms with Crippen LogP contribution in [-0.4, -0.2) is 82.8 Å². The van der Waals surface area contributed by atoms with Crippen molar-refractivity contribution in [2.75, 3.05) is 19.8 Å². The van der Waals surface area contributed by atoms with Gasteiger partial charge in [0, 0.05) is 30.0 Å². The van der Waals surface area contributed by atoms with Gasteiger partial charge in [0.25, 0.3) is 5.91 Å². The normalized spacial score (nSPS) is 20.6. The van der Waals surface area contributed by atoms with Gasteiger partial charge in [-0.25, -0.2) is 0 Å². The van der Waals surface area contributed by atoms with Crippen LogP contribution in [0.5, 0.6) is 5.75 Å². The second-order valence-corrected chi connectivity index (χ2v) is 9.23. The zero-order valence-electron chi connectivity index (χ0n) is 20.1. The first-order valence-corrected chi connectivity index (χ1v) is 11.9. The highest BCUT2D eigenvalue weighted by molar-refractivity contribution is 6.40. The molecule has 2 fully saturated rings. The smallest absolute Gasteiger partial charge is 0.255 e. The van der Waals surface area contributed by atoms with Crippen LogP contribution in [-0.2, 0) is 32.3 Å². The molecule has 0 bridgehead atoms. The third-order valence-electron chi connectivity index (χ3n) is 6.95. The molecule has 0 aliphatic carbocycles. The Hall–Kier alpha value is -3.53. The average Bonchev–Trinajstić information content (AvgIpc) is 3.20. The number of imide groups is 1. The molecule has 0 spiro atoms. The SMILES string of the molecule is [B]c1cc(C([B])N2CCOCC2=O)cc([B])c1COc1cccc2c1CN(C1CCC(=O)NC1=O)C2=O. The summed E-state index contributed by atoms with van der Waals surface area (Å²) in [6.07, 6.45) is 0.454. The van der Waals surface area contributed by atoms with E-state index in [9.17, 15) is 19.2 Å². The fourth-order valence-corrected chi connectivity index (χ4v) is 4.93. The maximum absolute atomic E-state index is 13.0. The van der Waals surface area contributed by atoms with Gasteiger partial charge in [0.2, 0.25) is 17.7 Å². The van der Waals surface area contributed by atoms with Crippen LogP contribution in [0.1, 0.15) is 45.8 Å². The lowest BCUT2D eigenvalue weighted by Crippen LogP contribution is -2.52. The predicted molar refractivity (Wildman–Crippen MR) is 135 cm³/mol. The minimum Gasteiger partial charge on any atom is -0.489 e. The monoisotopic (exact) mass is 493 g/mol. The Morgan fingerprint density at radius 2 is 1.89 bits per heavy atom. The number of morpholine rings is 1. The maximum atomic E-state index is 13.0. The first-order valence-electron chi connectivity index (χ1n) is 11.9.